The first-order valence-corrected chi connectivity index (χ1v) is 8.54. The summed E-state index contributed by atoms with van der Waals surface area (Å²) in [6.07, 6.45) is 1.93. The van der Waals surface area contributed by atoms with Crippen molar-refractivity contribution in [1.82, 2.24) is 9.55 Å². The molecule has 0 atom stereocenters. The zero-order valence-corrected chi connectivity index (χ0v) is 13.6. The van der Waals surface area contributed by atoms with E-state index < -0.39 is 10.4 Å². The highest BCUT2D eigenvalue weighted by atomic mass is 79.9. The van der Waals surface area contributed by atoms with Crippen LogP contribution in [0, 0.1) is 6.92 Å². The Morgan fingerprint density at radius 3 is 2.86 bits per heavy atom. The predicted molar refractivity (Wildman–Crippen MR) is 80.6 cm³/mol. The predicted octanol–water partition coefficient (Wildman–Crippen LogP) is 2.75. The highest BCUT2D eigenvalue weighted by molar-refractivity contribution is 9.10. The number of nitrogens with zero attached hydrogens (tertiary/aromatic N) is 2. The summed E-state index contributed by atoms with van der Waals surface area (Å²) in [5, 5.41) is 0. The Balaban J connectivity index is 2.14. The van der Waals surface area contributed by atoms with Crippen LogP contribution in [0.25, 0.3) is 11.3 Å². The van der Waals surface area contributed by atoms with Crippen molar-refractivity contribution in [3.8, 4) is 17.0 Å². The number of hydrogen-bond donors (Lipinski definition) is 1. The molecule has 3 rings (SSSR count). The van der Waals surface area contributed by atoms with Gasteiger partial charge < -0.3 is 8.75 Å². The Labute approximate surface area is 130 Å². The van der Waals surface area contributed by atoms with E-state index in [-0.39, 0.29) is 5.75 Å². The Morgan fingerprint density at radius 2 is 2.19 bits per heavy atom. The fourth-order valence-electron chi connectivity index (χ4n) is 2.47. The van der Waals surface area contributed by atoms with E-state index in [1.165, 1.54) is 0 Å². The third kappa shape index (κ3) is 2.83. The zero-order chi connectivity index (χ0) is 15.2. The fraction of sp³-hybridized carbons (Fsp3) is 0.308. The molecule has 1 aromatic carbocycles. The van der Waals surface area contributed by atoms with Crippen LogP contribution in [0.2, 0.25) is 0 Å². The van der Waals surface area contributed by atoms with Crippen LogP contribution >= 0.6 is 15.9 Å². The first kappa shape index (κ1) is 14.6. The third-order valence-electron chi connectivity index (χ3n) is 3.35. The van der Waals surface area contributed by atoms with Gasteiger partial charge in [0.25, 0.3) is 0 Å². The molecular weight excluding hydrogens is 360 g/mol. The molecule has 6 nitrogen and oxygen atoms in total. The Hall–Kier alpha value is -1.38. The molecule has 0 unspecified atom stereocenters. The molecule has 0 saturated heterocycles. The van der Waals surface area contributed by atoms with Gasteiger partial charge in [-0.15, -0.1) is 0 Å². The van der Waals surface area contributed by atoms with Crippen molar-refractivity contribution in [2.24, 2.45) is 0 Å². The SMILES string of the molecule is Cc1ccc(-c2nc3n(c2Br)CCC3)c(OS(=O)(=O)O)c1. The molecule has 112 valence electrons. The molecule has 0 fully saturated rings. The molecule has 2 heterocycles. The Morgan fingerprint density at radius 1 is 1.43 bits per heavy atom. The maximum atomic E-state index is 11.0. The first-order chi connectivity index (χ1) is 9.85. The summed E-state index contributed by atoms with van der Waals surface area (Å²) in [6.45, 7) is 2.69. The second-order valence-electron chi connectivity index (χ2n) is 4.93. The summed E-state index contributed by atoms with van der Waals surface area (Å²) >= 11 is 3.50. The van der Waals surface area contributed by atoms with Gasteiger partial charge in [0.1, 0.15) is 16.1 Å². The standard InChI is InChI=1S/C13H13BrN2O4S/c1-8-4-5-9(10(7-8)20-21(17,18)19)12-13(14)16-6-2-3-11(16)15-12/h4-5,7H,2-3,6H2,1H3,(H,17,18,19). The largest absolute Gasteiger partial charge is 0.446 e. The summed E-state index contributed by atoms with van der Waals surface area (Å²) in [7, 11) is -4.58. The van der Waals surface area contributed by atoms with Gasteiger partial charge in [-0.1, -0.05) is 6.07 Å². The van der Waals surface area contributed by atoms with E-state index in [2.05, 4.69) is 25.1 Å². The summed E-state index contributed by atoms with van der Waals surface area (Å²) < 4.78 is 38.5. The van der Waals surface area contributed by atoms with E-state index in [0.29, 0.717) is 11.3 Å². The maximum Gasteiger partial charge on any atom is 0.446 e. The van der Waals surface area contributed by atoms with Crippen molar-refractivity contribution in [1.29, 1.82) is 0 Å². The molecule has 0 spiro atoms. The number of fused-ring (bicyclic) bond motifs is 1. The highest BCUT2D eigenvalue weighted by Gasteiger charge is 2.23. The van der Waals surface area contributed by atoms with Crippen LogP contribution in [0.5, 0.6) is 5.75 Å². The number of benzene rings is 1. The summed E-state index contributed by atoms with van der Waals surface area (Å²) in [6, 6.07) is 5.13. The van der Waals surface area contributed by atoms with Gasteiger partial charge >= 0.3 is 10.4 Å². The average molecular weight is 373 g/mol. The van der Waals surface area contributed by atoms with Gasteiger partial charge in [0.15, 0.2) is 5.75 Å². The molecule has 2 aromatic rings. The molecular formula is C13H13BrN2O4S. The minimum atomic E-state index is -4.58. The average Bonchev–Trinajstić information content (AvgIpc) is 2.92. The number of imidazole rings is 1. The molecule has 0 aliphatic carbocycles. The summed E-state index contributed by atoms with van der Waals surface area (Å²) in [4.78, 5) is 4.54. The lowest BCUT2D eigenvalue weighted by atomic mass is 10.1. The smallest absolute Gasteiger partial charge is 0.361 e. The molecule has 1 aliphatic rings. The van der Waals surface area contributed by atoms with Gasteiger partial charge in [0.2, 0.25) is 0 Å². The van der Waals surface area contributed by atoms with Crippen LogP contribution in [-0.4, -0.2) is 22.5 Å². The molecule has 0 radical (unpaired) electrons. The molecule has 0 amide bonds. The van der Waals surface area contributed by atoms with Gasteiger partial charge in [-0.3, -0.25) is 4.55 Å². The molecule has 1 aromatic heterocycles. The Kier molecular flexibility index (Phi) is 3.54. The summed E-state index contributed by atoms with van der Waals surface area (Å²) in [5.74, 6) is 1.02. The van der Waals surface area contributed by atoms with Gasteiger partial charge in [-0.05, 0) is 47.0 Å². The van der Waals surface area contributed by atoms with Crippen molar-refractivity contribution in [3.05, 3.63) is 34.2 Å². The van der Waals surface area contributed by atoms with E-state index in [0.717, 1.165) is 35.4 Å². The number of halogens is 1. The molecule has 8 heteroatoms. The van der Waals surface area contributed by atoms with Crippen molar-refractivity contribution in [2.75, 3.05) is 0 Å². The van der Waals surface area contributed by atoms with Gasteiger partial charge in [0.05, 0.1) is 0 Å². The van der Waals surface area contributed by atoms with Crippen LogP contribution in [-0.2, 0) is 23.4 Å². The monoisotopic (exact) mass is 372 g/mol. The lowest BCUT2D eigenvalue weighted by Crippen LogP contribution is -2.07. The molecule has 21 heavy (non-hydrogen) atoms. The molecule has 0 bridgehead atoms. The number of rotatable bonds is 3. The topological polar surface area (TPSA) is 81.4 Å². The number of hydrogen-bond acceptors (Lipinski definition) is 4. The van der Waals surface area contributed by atoms with Crippen molar-refractivity contribution >= 4 is 26.3 Å². The van der Waals surface area contributed by atoms with E-state index >= 15 is 0 Å². The third-order valence-corrected chi connectivity index (χ3v) is 4.55. The van der Waals surface area contributed by atoms with Crippen molar-refractivity contribution in [3.63, 3.8) is 0 Å². The summed E-state index contributed by atoms with van der Waals surface area (Å²) in [5.41, 5.74) is 1.95. The van der Waals surface area contributed by atoms with Crippen molar-refractivity contribution < 1.29 is 17.2 Å². The Bertz CT molecular complexity index is 814. The van der Waals surface area contributed by atoms with E-state index in [9.17, 15) is 8.42 Å². The molecule has 1 N–H and O–H groups in total. The van der Waals surface area contributed by atoms with E-state index in [4.69, 9.17) is 4.55 Å². The van der Waals surface area contributed by atoms with Gasteiger partial charge in [-0.25, -0.2) is 4.98 Å². The molecule has 0 saturated carbocycles. The minimum Gasteiger partial charge on any atom is -0.361 e. The lowest BCUT2D eigenvalue weighted by molar-refractivity contribution is 0.387. The number of aryl methyl sites for hydroxylation is 2. The van der Waals surface area contributed by atoms with Crippen LogP contribution in [0.15, 0.2) is 22.8 Å². The van der Waals surface area contributed by atoms with Crippen LogP contribution < -0.4 is 4.18 Å². The van der Waals surface area contributed by atoms with E-state index in [1.54, 1.807) is 12.1 Å². The zero-order valence-electron chi connectivity index (χ0n) is 11.2. The second kappa shape index (κ2) is 5.11. The fourth-order valence-corrected chi connectivity index (χ4v) is 3.52. The van der Waals surface area contributed by atoms with Gasteiger partial charge in [0, 0.05) is 18.5 Å². The number of aromatic nitrogens is 2. The van der Waals surface area contributed by atoms with Crippen LogP contribution in [0.4, 0.5) is 0 Å². The quantitative estimate of drug-likeness (QED) is 0.837. The minimum absolute atomic E-state index is 0.0648. The van der Waals surface area contributed by atoms with Crippen LogP contribution in [0.1, 0.15) is 17.8 Å². The highest BCUT2D eigenvalue weighted by Crippen LogP contribution is 2.37. The van der Waals surface area contributed by atoms with E-state index in [1.807, 2.05) is 17.6 Å². The maximum absolute atomic E-state index is 11.0. The van der Waals surface area contributed by atoms with Crippen molar-refractivity contribution in [2.45, 2.75) is 26.3 Å². The second-order valence-corrected chi connectivity index (χ2v) is 6.71. The lowest BCUT2D eigenvalue weighted by Gasteiger charge is -2.09. The molecule has 1 aliphatic heterocycles. The first-order valence-electron chi connectivity index (χ1n) is 6.38. The van der Waals surface area contributed by atoms with Crippen LogP contribution in [0.3, 0.4) is 0 Å². The normalized spacial score (nSPS) is 14.2. The van der Waals surface area contributed by atoms with Gasteiger partial charge in [-0.2, -0.15) is 8.42 Å².